The van der Waals surface area contributed by atoms with E-state index in [9.17, 15) is 4.79 Å². The molecule has 3 aromatic rings. The number of amides is 1. The van der Waals surface area contributed by atoms with E-state index in [2.05, 4.69) is 9.97 Å². The van der Waals surface area contributed by atoms with Gasteiger partial charge >= 0.3 is 0 Å². The van der Waals surface area contributed by atoms with Crippen LogP contribution in [0.5, 0.6) is 5.75 Å². The zero-order valence-corrected chi connectivity index (χ0v) is 13.9. The molecule has 0 N–H and O–H groups in total. The van der Waals surface area contributed by atoms with E-state index in [4.69, 9.17) is 10.00 Å². The van der Waals surface area contributed by atoms with Gasteiger partial charge in [-0.3, -0.25) is 14.7 Å². The number of thiazole rings is 1. The van der Waals surface area contributed by atoms with Crippen LogP contribution in [0.1, 0.15) is 0 Å². The van der Waals surface area contributed by atoms with Gasteiger partial charge in [-0.15, -0.1) is 11.3 Å². The summed E-state index contributed by atoms with van der Waals surface area (Å²) in [5.74, 6) is 0.373. The van der Waals surface area contributed by atoms with Gasteiger partial charge in [0.1, 0.15) is 17.3 Å². The summed E-state index contributed by atoms with van der Waals surface area (Å²) in [6.07, 6.45) is 1.73. The average Bonchev–Trinajstić information content (AvgIpc) is 3.15. The van der Waals surface area contributed by atoms with Gasteiger partial charge < -0.3 is 4.74 Å². The van der Waals surface area contributed by atoms with Gasteiger partial charge in [0.05, 0.1) is 23.1 Å². The van der Waals surface area contributed by atoms with E-state index in [0.29, 0.717) is 11.4 Å². The Bertz CT molecular complexity index is 978. The minimum absolute atomic E-state index is 0.00506. The number of benzene rings is 1. The summed E-state index contributed by atoms with van der Waals surface area (Å²) in [6, 6.07) is 13.3. The molecule has 2 aromatic heterocycles. The van der Waals surface area contributed by atoms with Crippen molar-refractivity contribution in [2.45, 2.75) is 0 Å². The minimum atomic E-state index is -0.223. The standard InChI is InChI=1S/C18H12N4O2S/c19-6-8-22-15-9-12(4-5-16(15)24-10-17(22)23)14-11-25-18(21-14)13-3-1-2-7-20-13/h1-5,7,9,11H,8,10H2. The topological polar surface area (TPSA) is 79.1 Å². The maximum Gasteiger partial charge on any atom is 0.265 e. The SMILES string of the molecule is N#CCN1C(=O)COc2ccc(-c3csc(-c4ccccn4)n3)cc21. The number of ether oxygens (including phenoxy) is 1. The number of hydrogen-bond donors (Lipinski definition) is 0. The molecule has 1 aromatic carbocycles. The van der Waals surface area contributed by atoms with Gasteiger partial charge in [0, 0.05) is 17.1 Å². The van der Waals surface area contributed by atoms with Gasteiger partial charge in [0.15, 0.2) is 6.61 Å². The van der Waals surface area contributed by atoms with Gasteiger partial charge in [-0.25, -0.2) is 4.98 Å². The molecule has 0 bridgehead atoms. The summed E-state index contributed by atoms with van der Waals surface area (Å²) in [6.45, 7) is -0.0521. The molecule has 0 aliphatic carbocycles. The van der Waals surface area contributed by atoms with Gasteiger partial charge in [0.2, 0.25) is 0 Å². The molecule has 1 aliphatic rings. The first-order valence-corrected chi connectivity index (χ1v) is 8.45. The highest BCUT2D eigenvalue weighted by Gasteiger charge is 2.26. The Balaban J connectivity index is 1.72. The van der Waals surface area contributed by atoms with Gasteiger partial charge in [-0.05, 0) is 30.3 Å². The van der Waals surface area contributed by atoms with Crippen LogP contribution in [0, 0.1) is 11.3 Å². The van der Waals surface area contributed by atoms with Crippen LogP contribution >= 0.6 is 11.3 Å². The Morgan fingerprint density at radius 1 is 1.28 bits per heavy atom. The van der Waals surface area contributed by atoms with Crippen molar-refractivity contribution < 1.29 is 9.53 Å². The Morgan fingerprint density at radius 3 is 3.00 bits per heavy atom. The second kappa shape index (κ2) is 6.34. The monoisotopic (exact) mass is 348 g/mol. The third kappa shape index (κ3) is 2.84. The second-order valence-corrected chi connectivity index (χ2v) is 6.22. The number of rotatable bonds is 3. The number of carbonyl (C=O) groups excluding carboxylic acids is 1. The molecule has 122 valence electrons. The first-order chi connectivity index (χ1) is 12.3. The Morgan fingerprint density at radius 2 is 2.20 bits per heavy atom. The zero-order valence-electron chi connectivity index (χ0n) is 13.0. The van der Waals surface area contributed by atoms with E-state index in [1.165, 1.54) is 16.2 Å². The lowest BCUT2D eigenvalue weighted by molar-refractivity contribution is -0.121. The molecule has 6 nitrogen and oxygen atoms in total. The fourth-order valence-electron chi connectivity index (χ4n) is 2.62. The largest absolute Gasteiger partial charge is 0.482 e. The Hall–Kier alpha value is -3.24. The van der Waals surface area contributed by atoms with E-state index < -0.39 is 0 Å². The molecule has 0 radical (unpaired) electrons. The number of nitrogens with zero attached hydrogens (tertiary/aromatic N) is 4. The first kappa shape index (κ1) is 15.3. The lowest BCUT2D eigenvalue weighted by Crippen LogP contribution is -2.39. The highest BCUT2D eigenvalue weighted by molar-refractivity contribution is 7.13. The highest BCUT2D eigenvalue weighted by Crippen LogP contribution is 2.37. The molecular weight excluding hydrogens is 336 g/mol. The molecule has 25 heavy (non-hydrogen) atoms. The number of fused-ring (bicyclic) bond motifs is 1. The predicted molar refractivity (Wildman–Crippen MR) is 94.2 cm³/mol. The summed E-state index contributed by atoms with van der Waals surface area (Å²) in [5, 5.41) is 11.8. The van der Waals surface area contributed by atoms with Crippen LogP contribution in [0.15, 0.2) is 48.0 Å². The molecule has 7 heteroatoms. The van der Waals surface area contributed by atoms with Crippen molar-refractivity contribution in [1.82, 2.24) is 9.97 Å². The first-order valence-electron chi connectivity index (χ1n) is 7.58. The fourth-order valence-corrected chi connectivity index (χ4v) is 3.42. The average molecular weight is 348 g/mol. The third-order valence-corrected chi connectivity index (χ3v) is 4.68. The van der Waals surface area contributed by atoms with Crippen LogP contribution in [0.4, 0.5) is 5.69 Å². The van der Waals surface area contributed by atoms with E-state index in [-0.39, 0.29) is 19.1 Å². The molecule has 0 atom stereocenters. The quantitative estimate of drug-likeness (QED) is 0.680. The van der Waals surface area contributed by atoms with Crippen molar-refractivity contribution in [3.05, 3.63) is 48.0 Å². The number of carbonyl (C=O) groups is 1. The number of anilines is 1. The fraction of sp³-hybridized carbons (Fsp3) is 0.111. The van der Waals surface area contributed by atoms with Crippen LogP contribution < -0.4 is 9.64 Å². The highest BCUT2D eigenvalue weighted by atomic mass is 32.1. The van der Waals surface area contributed by atoms with E-state index in [1.807, 2.05) is 41.8 Å². The summed E-state index contributed by atoms with van der Waals surface area (Å²) < 4.78 is 5.45. The van der Waals surface area contributed by atoms with Gasteiger partial charge in [0.25, 0.3) is 5.91 Å². The Kier molecular flexibility index (Phi) is 3.88. The van der Waals surface area contributed by atoms with Gasteiger partial charge in [-0.2, -0.15) is 5.26 Å². The van der Waals surface area contributed by atoms with Crippen LogP contribution in [0.2, 0.25) is 0 Å². The molecule has 3 heterocycles. The van der Waals surface area contributed by atoms with Crippen LogP contribution in [-0.4, -0.2) is 29.0 Å². The summed E-state index contributed by atoms with van der Waals surface area (Å²) in [4.78, 5) is 22.4. The van der Waals surface area contributed by atoms with Crippen molar-refractivity contribution >= 4 is 22.9 Å². The number of hydrogen-bond acceptors (Lipinski definition) is 6. The van der Waals surface area contributed by atoms with E-state index >= 15 is 0 Å². The summed E-state index contributed by atoms with van der Waals surface area (Å²) >= 11 is 1.51. The van der Waals surface area contributed by atoms with Crippen LogP contribution in [0.3, 0.4) is 0 Å². The maximum atomic E-state index is 12.0. The second-order valence-electron chi connectivity index (χ2n) is 5.36. The molecule has 4 rings (SSSR count). The number of nitriles is 1. The molecule has 0 unspecified atom stereocenters. The number of aromatic nitrogens is 2. The molecule has 1 amide bonds. The van der Waals surface area contributed by atoms with E-state index in [0.717, 1.165) is 22.0 Å². The van der Waals surface area contributed by atoms with Crippen molar-refractivity contribution in [3.8, 4) is 33.8 Å². The summed E-state index contributed by atoms with van der Waals surface area (Å²) in [5.41, 5.74) is 3.07. The van der Waals surface area contributed by atoms with Crippen molar-refractivity contribution in [3.63, 3.8) is 0 Å². The van der Waals surface area contributed by atoms with E-state index in [1.54, 1.807) is 12.3 Å². The number of pyridine rings is 1. The molecule has 0 fully saturated rings. The molecule has 1 aliphatic heterocycles. The minimum Gasteiger partial charge on any atom is -0.482 e. The van der Waals surface area contributed by atoms with Crippen LogP contribution in [0.25, 0.3) is 22.0 Å². The zero-order chi connectivity index (χ0) is 17.2. The van der Waals surface area contributed by atoms with Crippen molar-refractivity contribution in [2.75, 3.05) is 18.1 Å². The summed E-state index contributed by atoms with van der Waals surface area (Å²) in [7, 11) is 0. The molecule has 0 spiro atoms. The van der Waals surface area contributed by atoms with Crippen molar-refractivity contribution in [2.24, 2.45) is 0 Å². The Labute approximate surface area is 148 Å². The molecular formula is C18H12N4O2S. The van der Waals surface area contributed by atoms with Crippen molar-refractivity contribution in [1.29, 1.82) is 5.26 Å². The maximum absolute atomic E-state index is 12.0. The lowest BCUT2D eigenvalue weighted by Gasteiger charge is -2.27. The normalized spacial score (nSPS) is 13.1. The van der Waals surface area contributed by atoms with Gasteiger partial charge in [-0.1, -0.05) is 6.07 Å². The molecule has 0 saturated heterocycles. The molecule has 0 saturated carbocycles. The lowest BCUT2D eigenvalue weighted by atomic mass is 10.1. The smallest absolute Gasteiger partial charge is 0.265 e. The van der Waals surface area contributed by atoms with Crippen LogP contribution in [-0.2, 0) is 4.79 Å². The predicted octanol–water partition coefficient (Wildman–Crippen LogP) is 3.12. The third-order valence-electron chi connectivity index (χ3n) is 3.81.